The van der Waals surface area contributed by atoms with Crippen LogP contribution in [0.2, 0.25) is 0 Å². The predicted molar refractivity (Wildman–Crippen MR) is 57.8 cm³/mol. The van der Waals surface area contributed by atoms with E-state index in [9.17, 15) is 14.4 Å². The van der Waals surface area contributed by atoms with Crippen LogP contribution in [0.3, 0.4) is 0 Å². The van der Waals surface area contributed by atoms with Crippen molar-refractivity contribution < 1.29 is 19.5 Å². The van der Waals surface area contributed by atoms with Crippen molar-refractivity contribution in [2.24, 2.45) is 0 Å². The monoisotopic (exact) mass is 230 g/mol. The number of amides is 2. The molecule has 0 saturated heterocycles. The number of carbonyl (C=O) groups is 3. The lowest BCUT2D eigenvalue weighted by Gasteiger charge is -2.08. The van der Waals surface area contributed by atoms with E-state index in [0.717, 1.165) is 0 Å². The highest BCUT2D eigenvalue weighted by Crippen LogP contribution is 1.96. The average Bonchev–Trinajstić information content (AvgIpc) is 2.17. The Labute approximate surface area is 94.4 Å². The molecule has 0 bridgehead atoms. The van der Waals surface area contributed by atoms with Crippen LogP contribution < -0.4 is 10.6 Å². The Balaban J connectivity index is 3.66. The second kappa shape index (κ2) is 7.67. The summed E-state index contributed by atoms with van der Waals surface area (Å²) in [6.07, 6.45) is 0.863. The molecule has 0 aromatic rings. The minimum atomic E-state index is -1.07. The molecule has 0 fully saturated rings. The summed E-state index contributed by atoms with van der Waals surface area (Å²) in [7, 11) is 0. The lowest BCUT2D eigenvalue weighted by atomic mass is 10.2. The van der Waals surface area contributed by atoms with E-state index in [1.54, 1.807) is 0 Å². The number of rotatable bonds is 7. The SMILES string of the molecule is CCNC(=O)CCCC(=O)N[C@@H](C)C(=O)O. The molecule has 0 heterocycles. The van der Waals surface area contributed by atoms with Gasteiger partial charge < -0.3 is 15.7 Å². The molecule has 0 aliphatic heterocycles. The molecule has 2 amide bonds. The molecule has 0 aliphatic rings. The zero-order valence-electron chi connectivity index (χ0n) is 9.58. The van der Waals surface area contributed by atoms with Gasteiger partial charge >= 0.3 is 5.97 Å². The lowest BCUT2D eigenvalue weighted by molar-refractivity contribution is -0.141. The van der Waals surface area contributed by atoms with Gasteiger partial charge in [0.1, 0.15) is 6.04 Å². The lowest BCUT2D eigenvalue weighted by Crippen LogP contribution is -2.38. The minimum absolute atomic E-state index is 0.0958. The van der Waals surface area contributed by atoms with Crippen LogP contribution in [-0.2, 0) is 14.4 Å². The van der Waals surface area contributed by atoms with Gasteiger partial charge in [-0.05, 0) is 20.3 Å². The van der Waals surface area contributed by atoms with Gasteiger partial charge in [0.25, 0.3) is 0 Å². The molecule has 0 radical (unpaired) electrons. The van der Waals surface area contributed by atoms with E-state index in [1.165, 1.54) is 6.92 Å². The first-order valence-electron chi connectivity index (χ1n) is 5.26. The zero-order valence-corrected chi connectivity index (χ0v) is 9.58. The minimum Gasteiger partial charge on any atom is -0.480 e. The van der Waals surface area contributed by atoms with Crippen molar-refractivity contribution in [1.82, 2.24) is 10.6 Å². The molecule has 0 spiro atoms. The maximum absolute atomic E-state index is 11.2. The third-order valence-electron chi connectivity index (χ3n) is 1.93. The Bertz CT molecular complexity index is 266. The summed E-state index contributed by atoms with van der Waals surface area (Å²) in [5, 5.41) is 13.5. The summed E-state index contributed by atoms with van der Waals surface area (Å²) in [4.78, 5) is 32.6. The number of hydrogen-bond donors (Lipinski definition) is 3. The van der Waals surface area contributed by atoms with Crippen molar-refractivity contribution in [2.75, 3.05) is 6.54 Å². The Morgan fingerprint density at radius 3 is 2.25 bits per heavy atom. The first-order chi connectivity index (χ1) is 7.47. The standard InChI is InChI=1S/C10H18N2O4/c1-3-11-8(13)5-4-6-9(14)12-7(2)10(15)16/h7H,3-6H2,1-2H3,(H,11,13)(H,12,14)(H,15,16)/t7-/m0/s1. The van der Waals surface area contributed by atoms with Gasteiger partial charge in [-0.25, -0.2) is 0 Å². The summed E-state index contributed by atoms with van der Waals surface area (Å²) in [6, 6.07) is -0.892. The molecule has 0 aliphatic carbocycles. The van der Waals surface area contributed by atoms with E-state index >= 15 is 0 Å². The highest BCUT2D eigenvalue weighted by atomic mass is 16.4. The fourth-order valence-corrected chi connectivity index (χ4v) is 1.07. The van der Waals surface area contributed by atoms with Crippen LogP contribution in [0.15, 0.2) is 0 Å². The third-order valence-corrected chi connectivity index (χ3v) is 1.93. The molecule has 92 valence electrons. The number of carbonyl (C=O) groups excluding carboxylic acids is 2. The molecular formula is C10H18N2O4. The molecule has 0 aromatic heterocycles. The van der Waals surface area contributed by atoms with Crippen LogP contribution in [0.5, 0.6) is 0 Å². The van der Waals surface area contributed by atoms with E-state index in [4.69, 9.17) is 5.11 Å². The number of carboxylic acids is 1. The Morgan fingerprint density at radius 2 is 1.75 bits per heavy atom. The highest BCUT2D eigenvalue weighted by molar-refractivity contribution is 5.83. The molecule has 0 rings (SSSR count). The van der Waals surface area contributed by atoms with E-state index in [2.05, 4.69) is 10.6 Å². The van der Waals surface area contributed by atoms with Crippen LogP contribution in [0.25, 0.3) is 0 Å². The van der Waals surface area contributed by atoms with Crippen molar-refractivity contribution in [1.29, 1.82) is 0 Å². The molecule has 0 aromatic carbocycles. The van der Waals surface area contributed by atoms with Crippen molar-refractivity contribution in [3.05, 3.63) is 0 Å². The number of carboxylic acid groups (broad SMARTS) is 1. The van der Waals surface area contributed by atoms with E-state index in [0.29, 0.717) is 13.0 Å². The molecule has 16 heavy (non-hydrogen) atoms. The van der Waals surface area contributed by atoms with Crippen molar-refractivity contribution >= 4 is 17.8 Å². The Morgan fingerprint density at radius 1 is 1.19 bits per heavy atom. The maximum atomic E-state index is 11.2. The topological polar surface area (TPSA) is 95.5 Å². The van der Waals surface area contributed by atoms with E-state index in [1.807, 2.05) is 6.92 Å². The second-order valence-electron chi connectivity index (χ2n) is 3.43. The van der Waals surface area contributed by atoms with Gasteiger partial charge in [-0.1, -0.05) is 0 Å². The van der Waals surface area contributed by atoms with E-state index < -0.39 is 12.0 Å². The molecule has 0 saturated carbocycles. The first-order valence-corrected chi connectivity index (χ1v) is 5.26. The van der Waals surface area contributed by atoms with Crippen LogP contribution in [0.1, 0.15) is 33.1 Å². The maximum Gasteiger partial charge on any atom is 0.325 e. The van der Waals surface area contributed by atoms with Crippen LogP contribution >= 0.6 is 0 Å². The van der Waals surface area contributed by atoms with Gasteiger partial charge in [0, 0.05) is 19.4 Å². The Hall–Kier alpha value is -1.59. The zero-order chi connectivity index (χ0) is 12.6. The van der Waals surface area contributed by atoms with Gasteiger partial charge in [0.05, 0.1) is 0 Å². The number of aliphatic carboxylic acids is 1. The normalized spacial score (nSPS) is 11.6. The molecule has 6 heteroatoms. The van der Waals surface area contributed by atoms with Crippen molar-refractivity contribution in [3.63, 3.8) is 0 Å². The quantitative estimate of drug-likeness (QED) is 0.568. The second-order valence-corrected chi connectivity index (χ2v) is 3.43. The number of hydrogen-bond acceptors (Lipinski definition) is 3. The van der Waals surface area contributed by atoms with Crippen LogP contribution in [-0.4, -0.2) is 35.5 Å². The van der Waals surface area contributed by atoms with Gasteiger partial charge in [0.2, 0.25) is 11.8 Å². The largest absolute Gasteiger partial charge is 0.480 e. The van der Waals surface area contributed by atoms with Crippen LogP contribution in [0.4, 0.5) is 0 Å². The predicted octanol–water partition coefficient (Wildman–Crippen LogP) is -0.118. The third kappa shape index (κ3) is 6.80. The molecule has 3 N–H and O–H groups in total. The fourth-order valence-electron chi connectivity index (χ4n) is 1.07. The summed E-state index contributed by atoms with van der Waals surface area (Å²) >= 11 is 0. The molecule has 0 unspecified atom stereocenters. The van der Waals surface area contributed by atoms with Crippen molar-refractivity contribution in [3.8, 4) is 0 Å². The average molecular weight is 230 g/mol. The smallest absolute Gasteiger partial charge is 0.325 e. The number of nitrogens with one attached hydrogen (secondary N) is 2. The fraction of sp³-hybridized carbons (Fsp3) is 0.700. The Kier molecular flexibility index (Phi) is 6.91. The van der Waals surface area contributed by atoms with Crippen LogP contribution in [0, 0.1) is 0 Å². The highest BCUT2D eigenvalue weighted by Gasteiger charge is 2.13. The van der Waals surface area contributed by atoms with Gasteiger partial charge in [-0.2, -0.15) is 0 Å². The van der Waals surface area contributed by atoms with E-state index in [-0.39, 0.29) is 24.7 Å². The molecule has 6 nitrogen and oxygen atoms in total. The van der Waals surface area contributed by atoms with Gasteiger partial charge in [-0.15, -0.1) is 0 Å². The van der Waals surface area contributed by atoms with Gasteiger partial charge in [0.15, 0.2) is 0 Å². The molecular weight excluding hydrogens is 212 g/mol. The summed E-state index contributed by atoms with van der Waals surface area (Å²) in [5.41, 5.74) is 0. The summed E-state index contributed by atoms with van der Waals surface area (Å²) in [6.45, 7) is 3.78. The summed E-state index contributed by atoms with van der Waals surface area (Å²) < 4.78 is 0. The first kappa shape index (κ1) is 14.4. The van der Waals surface area contributed by atoms with Crippen molar-refractivity contribution in [2.45, 2.75) is 39.2 Å². The molecule has 1 atom stereocenters. The summed E-state index contributed by atoms with van der Waals surface area (Å²) in [5.74, 6) is -1.52. The van der Waals surface area contributed by atoms with Gasteiger partial charge in [-0.3, -0.25) is 14.4 Å².